The molecule has 2 saturated heterocycles. The first-order valence-electron chi connectivity index (χ1n) is 7.69. The zero-order valence-electron chi connectivity index (χ0n) is 12.5. The summed E-state index contributed by atoms with van der Waals surface area (Å²) in [6.45, 7) is 3.21. The summed E-state index contributed by atoms with van der Waals surface area (Å²) in [5, 5.41) is 10.7. The zero-order chi connectivity index (χ0) is 15.6. The van der Waals surface area contributed by atoms with Gasteiger partial charge in [0.05, 0.1) is 18.8 Å². The smallest absolute Gasteiger partial charge is 0.320 e. The lowest BCUT2D eigenvalue weighted by molar-refractivity contribution is -0.0260. The van der Waals surface area contributed by atoms with Crippen molar-refractivity contribution in [2.45, 2.75) is 18.4 Å². The monoisotopic (exact) mass is 308 g/mol. The Labute approximate surface area is 129 Å². The Bertz CT molecular complexity index is 538. The average Bonchev–Trinajstić information content (AvgIpc) is 2.56. The number of amides is 2. The Morgan fingerprint density at radius 3 is 2.32 bits per heavy atom. The first kappa shape index (κ1) is 15.2. The minimum Gasteiger partial charge on any atom is -0.385 e. The molecule has 0 saturated carbocycles. The Balaban J connectivity index is 1.64. The molecule has 0 aliphatic carbocycles. The molecule has 22 heavy (non-hydrogen) atoms. The van der Waals surface area contributed by atoms with E-state index in [0.717, 1.165) is 0 Å². The molecule has 2 heterocycles. The van der Waals surface area contributed by atoms with Crippen molar-refractivity contribution in [3.05, 3.63) is 35.6 Å². The van der Waals surface area contributed by atoms with Gasteiger partial charge in [0.15, 0.2) is 0 Å². The van der Waals surface area contributed by atoms with Crippen LogP contribution in [0.15, 0.2) is 24.3 Å². The number of ether oxygens (including phenoxy) is 1. The molecule has 0 atom stereocenters. The SMILES string of the molecule is O=C(N1CCOCC1)N1CCC(O)(c2ccccc2F)CC1. The first-order chi connectivity index (χ1) is 10.6. The summed E-state index contributed by atoms with van der Waals surface area (Å²) >= 11 is 0. The van der Waals surface area contributed by atoms with Crippen LogP contribution in [-0.4, -0.2) is 60.3 Å². The molecule has 0 spiro atoms. The van der Waals surface area contributed by atoms with Gasteiger partial charge in [-0.05, 0) is 18.9 Å². The number of carbonyl (C=O) groups excluding carboxylic acids is 1. The van der Waals surface area contributed by atoms with Crippen molar-refractivity contribution in [2.75, 3.05) is 39.4 Å². The number of benzene rings is 1. The number of aliphatic hydroxyl groups is 1. The van der Waals surface area contributed by atoms with Crippen LogP contribution in [0.4, 0.5) is 9.18 Å². The molecule has 0 bridgehead atoms. The molecule has 2 amide bonds. The third-order valence-corrected chi connectivity index (χ3v) is 4.52. The van der Waals surface area contributed by atoms with E-state index in [1.54, 1.807) is 28.0 Å². The fourth-order valence-corrected chi connectivity index (χ4v) is 3.13. The third kappa shape index (κ3) is 2.94. The van der Waals surface area contributed by atoms with E-state index in [-0.39, 0.29) is 6.03 Å². The van der Waals surface area contributed by atoms with Crippen molar-refractivity contribution in [3.63, 3.8) is 0 Å². The van der Waals surface area contributed by atoms with Crippen LogP contribution < -0.4 is 0 Å². The van der Waals surface area contributed by atoms with E-state index in [1.165, 1.54) is 6.07 Å². The van der Waals surface area contributed by atoms with Crippen LogP contribution in [0.5, 0.6) is 0 Å². The molecule has 0 aromatic heterocycles. The molecule has 1 N–H and O–H groups in total. The van der Waals surface area contributed by atoms with Gasteiger partial charge in [0.2, 0.25) is 0 Å². The highest BCUT2D eigenvalue weighted by molar-refractivity contribution is 5.74. The van der Waals surface area contributed by atoms with Crippen LogP contribution in [0.25, 0.3) is 0 Å². The summed E-state index contributed by atoms with van der Waals surface area (Å²) in [6, 6.07) is 6.30. The van der Waals surface area contributed by atoms with E-state index in [1.807, 2.05) is 0 Å². The lowest BCUT2D eigenvalue weighted by Gasteiger charge is -2.41. The minimum atomic E-state index is -1.19. The van der Waals surface area contributed by atoms with E-state index in [9.17, 15) is 14.3 Å². The maximum absolute atomic E-state index is 13.9. The molecule has 0 unspecified atom stereocenters. The van der Waals surface area contributed by atoms with Crippen LogP contribution in [0.3, 0.4) is 0 Å². The van der Waals surface area contributed by atoms with E-state index < -0.39 is 11.4 Å². The highest BCUT2D eigenvalue weighted by Gasteiger charge is 2.38. The topological polar surface area (TPSA) is 53.0 Å². The second-order valence-electron chi connectivity index (χ2n) is 5.88. The van der Waals surface area contributed by atoms with E-state index in [4.69, 9.17) is 4.74 Å². The summed E-state index contributed by atoms with van der Waals surface area (Å²) in [5.74, 6) is -0.391. The summed E-state index contributed by atoms with van der Waals surface area (Å²) in [6.07, 6.45) is 0.702. The molecule has 120 valence electrons. The lowest BCUT2D eigenvalue weighted by Crippen LogP contribution is -2.52. The summed E-state index contributed by atoms with van der Waals surface area (Å²) < 4.78 is 19.2. The molecule has 0 radical (unpaired) electrons. The van der Waals surface area contributed by atoms with E-state index >= 15 is 0 Å². The zero-order valence-corrected chi connectivity index (χ0v) is 12.5. The van der Waals surface area contributed by atoms with Crippen LogP contribution in [0.2, 0.25) is 0 Å². The molecule has 2 aliphatic rings. The molecular weight excluding hydrogens is 287 g/mol. The molecule has 2 fully saturated rings. The molecule has 1 aromatic rings. The summed E-state index contributed by atoms with van der Waals surface area (Å²) in [4.78, 5) is 15.9. The third-order valence-electron chi connectivity index (χ3n) is 4.52. The number of halogens is 1. The molecular formula is C16H21FN2O3. The number of hydrogen-bond acceptors (Lipinski definition) is 3. The van der Waals surface area contributed by atoms with Crippen molar-refractivity contribution in [1.29, 1.82) is 0 Å². The minimum absolute atomic E-state index is 0.0149. The number of carbonyl (C=O) groups is 1. The number of likely N-dealkylation sites (tertiary alicyclic amines) is 1. The number of rotatable bonds is 1. The van der Waals surface area contributed by atoms with E-state index in [0.29, 0.717) is 57.8 Å². The number of morpholine rings is 1. The van der Waals surface area contributed by atoms with Gasteiger partial charge in [-0.2, -0.15) is 0 Å². The van der Waals surface area contributed by atoms with Crippen molar-refractivity contribution >= 4 is 6.03 Å². The number of piperidine rings is 1. The largest absolute Gasteiger partial charge is 0.385 e. The molecule has 1 aromatic carbocycles. The van der Waals surface area contributed by atoms with Gasteiger partial charge in [-0.25, -0.2) is 9.18 Å². The first-order valence-corrected chi connectivity index (χ1v) is 7.69. The van der Waals surface area contributed by atoms with Gasteiger partial charge in [-0.3, -0.25) is 0 Å². The van der Waals surface area contributed by atoms with Crippen LogP contribution in [0.1, 0.15) is 18.4 Å². The number of hydrogen-bond donors (Lipinski definition) is 1. The fraction of sp³-hybridized carbons (Fsp3) is 0.562. The maximum atomic E-state index is 13.9. The molecule has 2 aliphatic heterocycles. The quantitative estimate of drug-likeness (QED) is 0.856. The number of urea groups is 1. The van der Waals surface area contributed by atoms with Gasteiger partial charge in [0.25, 0.3) is 0 Å². The van der Waals surface area contributed by atoms with Gasteiger partial charge in [-0.1, -0.05) is 18.2 Å². The van der Waals surface area contributed by atoms with Crippen LogP contribution >= 0.6 is 0 Å². The van der Waals surface area contributed by atoms with Gasteiger partial charge in [0, 0.05) is 31.7 Å². The van der Waals surface area contributed by atoms with Crippen molar-refractivity contribution in [2.24, 2.45) is 0 Å². The lowest BCUT2D eigenvalue weighted by atomic mass is 9.84. The predicted molar refractivity (Wildman–Crippen MR) is 78.9 cm³/mol. The Kier molecular flexibility index (Phi) is 4.31. The fourth-order valence-electron chi connectivity index (χ4n) is 3.13. The predicted octanol–water partition coefficient (Wildman–Crippen LogP) is 1.56. The van der Waals surface area contributed by atoms with Crippen molar-refractivity contribution in [3.8, 4) is 0 Å². The summed E-state index contributed by atoms with van der Waals surface area (Å²) in [7, 11) is 0. The molecule has 6 heteroatoms. The van der Waals surface area contributed by atoms with Crippen molar-refractivity contribution in [1.82, 2.24) is 9.80 Å². The average molecular weight is 308 g/mol. The van der Waals surface area contributed by atoms with E-state index in [2.05, 4.69) is 0 Å². The maximum Gasteiger partial charge on any atom is 0.320 e. The van der Waals surface area contributed by atoms with Gasteiger partial charge in [-0.15, -0.1) is 0 Å². The Morgan fingerprint density at radius 2 is 1.68 bits per heavy atom. The highest BCUT2D eigenvalue weighted by Crippen LogP contribution is 2.34. The molecule has 5 nitrogen and oxygen atoms in total. The number of nitrogens with zero attached hydrogens (tertiary/aromatic N) is 2. The standard InChI is InChI=1S/C16H21FN2O3/c17-14-4-2-1-3-13(14)16(21)5-7-18(8-6-16)15(20)19-9-11-22-12-10-19/h1-4,21H,5-12H2. The Morgan fingerprint density at radius 1 is 1.09 bits per heavy atom. The second-order valence-corrected chi connectivity index (χ2v) is 5.88. The molecule has 3 rings (SSSR count). The van der Waals surface area contributed by atoms with Crippen LogP contribution in [0, 0.1) is 5.82 Å². The van der Waals surface area contributed by atoms with Gasteiger partial charge in [0.1, 0.15) is 5.82 Å². The second kappa shape index (κ2) is 6.22. The van der Waals surface area contributed by atoms with Gasteiger partial charge < -0.3 is 19.6 Å². The van der Waals surface area contributed by atoms with Gasteiger partial charge >= 0.3 is 6.03 Å². The summed E-state index contributed by atoms with van der Waals surface area (Å²) in [5.41, 5.74) is -0.860. The van der Waals surface area contributed by atoms with Crippen LogP contribution in [-0.2, 0) is 10.3 Å². The highest BCUT2D eigenvalue weighted by atomic mass is 19.1. The Hall–Kier alpha value is -1.66. The normalized spacial score (nSPS) is 21.7. The van der Waals surface area contributed by atoms with Crippen molar-refractivity contribution < 1.29 is 19.0 Å².